The molecule has 3 heterocycles. The van der Waals surface area contributed by atoms with Gasteiger partial charge in [-0.05, 0) is 71.3 Å². The first-order valence-corrected chi connectivity index (χ1v) is 17.0. The van der Waals surface area contributed by atoms with Gasteiger partial charge in [-0.15, -0.1) is 17.9 Å². The molecule has 44 heavy (non-hydrogen) atoms. The van der Waals surface area contributed by atoms with Crippen LogP contribution in [0.5, 0.6) is 11.5 Å². The maximum Gasteiger partial charge on any atom is 0.308 e. The number of piperidine rings is 1. The number of benzene rings is 1. The summed E-state index contributed by atoms with van der Waals surface area (Å²) in [6.45, 7) is 13.1. The summed E-state index contributed by atoms with van der Waals surface area (Å²) < 4.78 is 20.2. The van der Waals surface area contributed by atoms with E-state index in [-0.39, 0.29) is 29.9 Å². The van der Waals surface area contributed by atoms with Gasteiger partial charge in [-0.2, -0.15) is 0 Å². The van der Waals surface area contributed by atoms with Crippen molar-refractivity contribution in [2.45, 2.75) is 82.6 Å². The molecular weight excluding hydrogens is 644 g/mol. The summed E-state index contributed by atoms with van der Waals surface area (Å²) in [6, 6.07) is 5.44. The van der Waals surface area contributed by atoms with Crippen molar-refractivity contribution in [1.29, 1.82) is 0 Å². The Kier molecular flexibility index (Phi) is 8.30. The molecule has 8 nitrogen and oxygen atoms in total. The van der Waals surface area contributed by atoms with E-state index in [1.807, 2.05) is 40.6 Å². The van der Waals surface area contributed by atoms with Crippen molar-refractivity contribution in [3.8, 4) is 11.5 Å². The average Bonchev–Trinajstić information content (AvgIpc) is 3.53. The molecule has 2 aliphatic heterocycles. The van der Waals surface area contributed by atoms with Gasteiger partial charge in [-0.25, -0.2) is 0 Å². The number of esters is 2. The molecule has 0 radical (unpaired) electrons. The maximum absolute atomic E-state index is 14.1. The number of ether oxygens (including phenoxy) is 3. The van der Waals surface area contributed by atoms with Gasteiger partial charge in [0.15, 0.2) is 11.5 Å². The Morgan fingerprint density at radius 3 is 2.70 bits per heavy atom. The van der Waals surface area contributed by atoms with Crippen molar-refractivity contribution < 1.29 is 28.6 Å². The van der Waals surface area contributed by atoms with Gasteiger partial charge in [0.1, 0.15) is 11.7 Å². The molecule has 1 saturated heterocycles. The number of thiophene rings is 1. The summed E-state index contributed by atoms with van der Waals surface area (Å²) in [5, 5.41) is 1.99. The van der Waals surface area contributed by atoms with Crippen LogP contribution in [-0.4, -0.2) is 71.1 Å². The van der Waals surface area contributed by atoms with Crippen LogP contribution in [0.15, 0.2) is 46.8 Å². The van der Waals surface area contributed by atoms with Crippen molar-refractivity contribution in [3.63, 3.8) is 0 Å². The van der Waals surface area contributed by atoms with E-state index in [0.29, 0.717) is 50.3 Å². The molecule has 6 rings (SSSR count). The summed E-state index contributed by atoms with van der Waals surface area (Å²) in [5.74, 6) is 0.271. The Morgan fingerprint density at radius 2 is 2.05 bits per heavy atom. The highest BCUT2D eigenvalue weighted by Crippen LogP contribution is 2.67. The van der Waals surface area contributed by atoms with Crippen LogP contribution in [0, 0.1) is 5.92 Å². The predicted molar refractivity (Wildman–Crippen MR) is 173 cm³/mol. The van der Waals surface area contributed by atoms with Crippen molar-refractivity contribution in [1.82, 2.24) is 9.80 Å². The van der Waals surface area contributed by atoms with E-state index in [0.717, 1.165) is 27.0 Å². The molecular formula is C34H39BrN2O6S. The molecule has 2 unspecified atom stereocenters. The lowest BCUT2D eigenvalue weighted by molar-refractivity contribution is -0.223. The Morgan fingerprint density at radius 1 is 1.25 bits per heavy atom. The Bertz CT molecular complexity index is 1540. The lowest BCUT2D eigenvalue weighted by Crippen LogP contribution is -2.79. The number of carbonyl (C=O) groups excluding carboxylic acids is 3. The second-order valence-electron chi connectivity index (χ2n) is 12.8. The fraction of sp³-hybridized carbons (Fsp3) is 0.500. The van der Waals surface area contributed by atoms with Crippen LogP contribution in [0.25, 0.3) is 6.08 Å². The third kappa shape index (κ3) is 4.93. The smallest absolute Gasteiger partial charge is 0.308 e. The van der Waals surface area contributed by atoms with Gasteiger partial charge in [0.05, 0.1) is 17.5 Å². The molecule has 0 N–H and O–H groups in total. The van der Waals surface area contributed by atoms with Gasteiger partial charge < -0.3 is 19.1 Å². The zero-order chi connectivity index (χ0) is 31.4. The molecule has 1 aromatic heterocycles. The van der Waals surface area contributed by atoms with Crippen molar-refractivity contribution in [2.24, 2.45) is 5.92 Å². The fourth-order valence-corrected chi connectivity index (χ4v) is 9.75. The number of nitrogens with zero attached hydrogens (tertiary/aromatic N) is 2. The highest BCUT2D eigenvalue weighted by Gasteiger charge is 2.75. The zero-order valence-electron chi connectivity index (χ0n) is 25.6. The first kappa shape index (κ1) is 31.0. The number of amides is 1. The number of halogens is 1. The monoisotopic (exact) mass is 682 g/mol. The molecule has 2 bridgehead atoms. The van der Waals surface area contributed by atoms with E-state index in [9.17, 15) is 14.4 Å². The zero-order valence-corrected chi connectivity index (χ0v) is 28.0. The third-order valence-electron chi connectivity index (χ3n) is 9.65. The largest absolute Gasteiger partial charge is 0.483 e. The van der Waals surface area contributed by atoms with E-state index in [2.05, 4.69) is 41.3 Å². The van der Waals surface area contributed by atoms with Gasteiger partial charge >= 0.3 is 11.9 Å². The van der Waals surface area contributed by atoms with Gasteiger partial charge in [0.25, 0.3) is 0 Å². The molecule has 2 aromatic rings. The topological polar surface area (TPSA) is 85.4 Å². The summed E-state index contributed by atoms with van der Waals surface area (Å²) >= 11 is 5.06. The Balaban J connectivity index is 1.51. The standard InChI is InChI=1S/C34H39BrN2O6S/c1-6-14-36-15-13-33-30-23-7-9-27(41-21(4)38)31(30)42-32(33)26(11-12-34(33,28(36)16-23)43-22(5)39)37(18-20(2)3)29(40)10-8-25-17-24(35)19-44-25/h6-10,17,19-20,26,28,32H,1,11-16,18H2,2-5H3/b10-8+/t26?,28-,32?,33+,34-/m1/s1. The van der Waals surface area contributed by atoms with E-state index in [1.165, 1.54) is 13.8 Å². The molecule has 10 heteroatoms. The minimum atomic E-state index is -0.875. The SMILES string of the molecule is C=CCN1CC[C@]23c4c5ccc(OC(C)=O)c4OC2C(N(CC(C)C)C(=O)/C=C/c2cc(Br)cs2)CC[C@@]3(OC(C)=O)[C@H]1C5. The van der Waals surface area contributed by atoms with Crippen LogP contribution in [0.2, 0.25) is 0 Å². The van der Waals surface area contributed by atoms with Gasteiger partial charge in [0, 0.05) is 59.9 Å². The number of hydrogen-bond acceptors (Lipinski definition) is 8. The molecule has 2 aliphatic carbocycles. The molecule has 4 aliphatic rings. The van der Waals surface area contributed by atoms with E-state index in [4.69, 9.17) is 14.2 Å². The van der Waals surface area contributed by atoms with E-state index < -0.39 is 23.1 Å². The maximum atomic E-state index is 14.1. The summed E-state index contributed by atoms with van der Waals surface area (Å²) in [7, 11) is 0. The lowest BCUT2D eigenvalue weighted by Gasteiger charge is -2.65. The molecule has 1 saturated carbocycles. The molecule has 5 atom stereocenters. The molecule has 1 amide bonds. The van der Waals surface area contributed by atoms with Crippen LogP contribution in [0.3, 0.4) is 0 Å². The highest BCUT2D eigenvalue weighted by molar-refractivity contribution is 9.10. The lowest BCUT2D eigenvalue weighted by atomic mass is 9.48. The van der Waals surface area contributed by atoms with Crippen LogP contribution in [0.4, 0.5) is 0 Å². The average molecular weight is 684 g/mol. The summed E-state index contributed by atoms with van der Waals surface area (Å²) in [6.07, 6.45) is 7.43. The number of rotatable bonds is 9. The van der Waals surface area contributed by atoms with Gasteiger partial charge in [-0.1, -0.05) is 26.0 Å². The molecule has 2 fully saturated rings. The van der Waals surface area contributed by atoms with E-state index >= 15 is 0 Å². The second-order valence-corrected chi connectivity index (χ2v) is 14.6. The minimum Gasteiger partial charge on any atom is -0.483 e. The van der Waals surface area contributed by atoms with E-state index in [1.54, 1.807) is 17.4 Å². The normalized spacial score (nSPS) is 28.4. The Labute approximate surface area is 271 Å². The predicted octanol–water partition coefficient (Wildman–Crippen LogP) is 5.91. The number of carbonyl (C=O) groups is 3. The van der Waals surface area contributed by atoms with Crippen molar-refractivity contribution in [3.05, 3.63) is 62.8 Å². The third-order valence-corrected chi connectivity index (χ3v) is 11.3. The summed E-state index contributed by atoms with van der Waals surface area (Å²) in [4.78, 5) is 44.5. The van der Waals surface area contributed by atoms with Crippen molar-refractivity contribution >= 4 is 51.2 Å². The first-order chi connectivity index (χ1) is 21.0. The first-order valence-electron chi connectivity index (χ1n) is 15.3. The Hall–Kier alpha value is -2.95. The minimum absolute atomic E-state index is 0.0824. The highest BCUT2D eigenvalue weighted by atomic mass is 79.9. The molecule has 1 spiro atoms. The number of likely N-dealkylation sites (tertiary alicyclic amines) is 1. The van der Waals surface area contributed by atoms with Gasteiger partial charge in [0.2, 0.25) is 5.91 Å². The van der Waals surface area contributed by atoms with Crippen LogP contribution >= 0.6 is 27.3 Å². The van der Waals surface area contributed by atoms with Gasteiger partial charge in [-0.3, -0.25) is 19.3 Å². The second kappa shape index (κ2) is 11.8. The molecule has 234 valence electrons. The molecule has 1 aromatic carbocycles. The fourth-order valence-electron chi connectivity index (χ4n) is 8.41. The van der Waals surface area contributed by atoms with Crippen LogP contribution < -0.4 is 9.47 Å². The summed E-state index contributed by atoms with van der Waals surface area (Å²) in [5.41, 5.74) is 0.476. The number of hydrogen-bond donors (Lipinski definition) is 0. The van der Waals surface area contributed by atoms with Crippen molar-refractivity contribution in [2.75, 3.05) is 19.6 Å². The van der Waals surface area contributed by atoms with Crippen LogP contribution in [0.1, 0.15) is 63.0 Å². The quantitative estimate of drug-likeness (QED) is 0.141. The van der Waals surface area contributed by atoms with Crippen LogP contribution in [-0.2, 0) is 31.0 Å².